The van der Waals surface area contributed by atoms with Crippen molar-refractivity contribution in [2.75, 3.05) is 36.4 Å². The van der Waals surface area contributed by atoms with Crippen LogP contribution in [-0.4, -0.2) is 53.0 Å². The molecule has 0 bridgehead atoms. The molecule has 0 spiro atoms. The lowest BCUT2D eigenvalue weighted by Gasteiger charge is -2.35. The van der Waals surface area contributed by atoms with Gasteiger partial charge in [-0.3, -0.25) is 14.6 Å². The lowest BCUT2D eigenvalue weighted by molar-refractivity contribution is 0.0704. The number of anilines is 2. The van der Waals surface area contributed by atoms with Crippen LogP contribution < -0.4 is 10.2 Å². The van der Waals surface area contributed by atoms with Crippen LogP contribution in [0.15, 0.2) is 64.0 Å². The first kappa shape index (κ1) is 19.1. The maximum Gasteiger partial charge on any atom is 0.292 e. The van der Waals surface area contributed by atoms with Gasteiger partial charge in [0.25, 0.3) is 11.8 Å². The Morgan fingerprint density at radius 2 is 1.79 bits per heavy atom. The highest BCUT2D eigenvalue weighted by molar-refractivity contribution is 9.10. The van der Waals surface area contributed by atoms with Gasteiger partial charge in [0.2, 0.25) is 5.76 Å². The molecular formula is C20H18BrN5O3. The predicted molar refractivity (Wildman–Crippen MR) is 111 cm³/mol. The maximum absolute atomic E-state index is 12.3. The van der Waals surface area contributed by atoms with Gasteiger partial charge in [0.1, 0.15) is 0 Å². The molecule has 0 aliphatic carbocycles. The molecule has 0 saturated carbocycles. The smallest absolute Gasteiger partial charge is 0.292 e. The number of nitrogens with zero attached hydrogens (tertiary/aromatic N) is 4. The molecule has 29 heavy (non-hydrogen) atoms. The van der Waals surface area contributed by atoms with Crippen molar-refractivity contribution in [3.8, 4) is 0 Å². The van der Waals surface area contributed by atoms with Crippen LogP contribution in [0.25, 0.3) is 0 Å². The molecule has 8 nitrogen and oxygen atoms in total. The van der Waals surface area contributed by atoms with Crippen LogP contribution in [0, 0.1) is 0 Å². The van der Waals surface area contributed by atoms with E-state index < -0.39 is 0 Å². The largest absolute Gasteiger partial charge is 0.368 e. The summed E-state index contributed by atoms with van der Waals surface area (Å²) in [7, 11) is 0. The lowest BCUT2D eigenvalue weighted by Crippen LogP contribution is -2.48. The van der Waals surface area contributed by atoms with Crippen LogP contribution in [0.1, 0.15) is 20.9 Å². The third-order valence-corrected chi connectivity index (χ3v) is 5.11. The minimum atomic E-state index is -0.217. The number of aromatic nitrogens is 2. The van der Waals surface area contributed by atoms with Gasteiger partial charge in [-0.15, -0.1) is 0 Å². The number of carbonyl (C=O) groups is 2. The SMILES string of the molecule is O=C(Nc1ccc(N2CCN(C(=O)c3ccno3)CC2)cc1)c1cncc(Br)c1. The number of amides is 2. The van der Waals surface area contributed by atoms with Gasteiger partial charge in [-0.05, 0) is 46.3 Å². The van der Waals surface area contributed by atoms with E-state index in [4.69, 9.17) is 4.52 Å². The molecule has 1 N–H and O–H groups in total. The van der Waals surface area contributed by atoms with Crippen LogP contribution >= 0.6 is 15.9 Å². The molecule has 4 rings (SSSR count). The standard InChI is InChI=1S/C20H18BrN5O3/c21-15-11-14(12-22-13-15)19(27)24-16-1-3-17(4-2-16)25-7-9-26(10-8-25)20(28)18-5-6-23-29-18/h1-6,11-13H,7-10H2,(H,24,27). The molecule has 0 atom stereocenters. The number of hydrogen-bond donors (Lipinski definition) is 1. The Morgan fingerprint density at radius 3 is 2.45 bits per heavy atom. The highest BCUT2D eigenvalue weighted by atomic mass is 79.9. The molecule has 9 heteroatoms. The van der Waals surface area contributed by atoms with Crippen molar-refractivity contribution < 1.29 is 14.1 Å². The topological polar surface area (TPSA) is 91.6 Å². The third kappa shape index (κ3) is 4.45. The molecule has 1 saturated heterocycles. The molecule has 0 radical (unpaired) electrons. The first-order valence-corrected chi connectivity index (χ1v) is 9.86. The summed E-state index contributed by atoms with van der Waals surface area (Å²) in [5.41, 5.74) is 2.23. The molecule has 2 aromatic heterocycles. The summed E-state index contributed by atoms with van der Waals surface area (Å²) in [6.07, 6.45) is 4.62. The second kappa shape index (κ2) is 8.44. The monoisotopic (exact) mass is 455 g/mol. The van der Waals surface area contributed by atoms with E-state index in [0.29, 0.717) is 24.3 Å². The molecule has 1 aliphatic rings. The van der Waals surface area contributed by atoms with Gasteiger partial charge in [-0.25, -0.2) is 0 Å². The van der Waals surface area contributed by atoms with Crippen LogP contribution in [-0.2, 0) is 0 Å². The van der Waals surface area contributed by atoms with E-state index in [9.17, 15) is 9.59 Å². The number of rotatable bonds is 4. The molecule has 3 heterocycles. The van der Waals surface area contributed by atoms with E-state index in [0.717, 1.165) is 23.2 Å². The number of pyridine rings is 1. The Balaban J connectivity index is 1.34. The molecule has 148 valence electrons. The van der Waals surface area contributed by atoms with E-state index >= 15 is 0 Å². The predicted octanol–water partition coefficient (Wildman–Crippen LogP) is 3.05. The van der Waals surface area contributed by atoms with Crippen molar-refractivity contribution in [2.24, 2.45) is 0 Å². The average Bonchev–Trinajstić information content (AvgIpc) is 3.29. The number of carbonyl (C=O) groups excluding carboxylic acids is 2. The van der Waals surface area contributed by atoms with Crippen LogP contribution in [0.3, 0.4) is 0 Å². The van der Waals surface area contributed by atoms with Gasteiger partial charge in [-0.1, -0.05) is 5.16 Å². The van der Waals surface area contributed by atoms with Crippen molar-refractivity contribution in [1.82, 2.24) is 15.0 Å². The van der Waals surface area contributed by atoms with Gasteiger partial charge in [0.15, 0.2) is 0 Å². The number of piperazine rings is 1. The third-order valence-electron chi connectivity index (χ3n) is 4.67. The Morgan fingerprint density at radius 1 is 1.03 bits per heavy atom. The summed E-state index contributed by atoms with van der Waals surface area (Å²) in [6, 6.07) is 10.9. The first-order valence-electron chi connectivity index (χ1n) is 9.07. The van der Waals surface area contributed by atoms with Gasteiger partial charge < -0.3 is 19.6 Å². The van der Waals surface area contributed by atoms with E-state index in [2.05, 4.69) is 36.3 Å². The minimum Gasteiger partial charge on any atom is -0.368 e. The Hall–Kier alpha value is -3.20. The minimum absolute atomic E-state index is 0.137. The van der Waals surface area contributed by atoms with Gasteiger partial charge in [0, 0.05) is 60.5 Å². The lowest BCUT2D eigenvalue weighted by atomic mass is 10.2. The highest BCUT2D eigenvalue weighted by Gasteiger charge is 2.24. The molecule has 3 aromatic rings. The van der Waals surface area contributed by atoms with Crippen molar-refractivity contribution in [1.29, 1.82) is 0 Å². The fraction of sp³-hybridized carbons (Fsp3) is 0.200. The normalized spacial score (nSPS) is 14.0. The van der Waals surface area contributed by atoms with Gasteiger partial charge in [-0.2, -0.15) is 0 Å². The molecule has 1 fully saturated rings. The fourth-order valence-corrected chi connectivity index (χ4v) is 3.51. The summed E-state index contributed by atoms with van der Waals surface area (Å²) < 4.78 is 5.70. The van der Waals surface area contributed by atoms with Crippen molar-refractivity contribution >= 4 is 39.1 Å². The zero-order valence-electron chi connectivity index (χ0n) is 15.4. The van der Waals surface area contributed by atoms with E-state index in [-0.39, 0.29) is 17.6 Å². The van der Waals surface area contributed by atoms with E-state index in [1.165, 1.54) is 12.4 Å². The zero-order chi connectivity index (χ0) is 20.2. The molecule has 2 amide bonds. The summed E-state index contributed by atoms with van der Waals surface area (Å²) in [6.45, 7) is 2.65. The summed E-state index contributed by atoms with van der Waals surface area (Å²) >= 11 is 3.31. The molecule has 1 aliphatic heterocycles. The molecule has 0 unspecified atom stereocenters. The number of benzene rings is 1. The fourth-order valence-electron chi connectivity index (χ4n) is 3.14. The van der Waals surface area contributed by atoms with E-state index in [1.54, 1.807) is 23.2 Å². The highest BCUT2D eigenvalue weighted by Crippen LogP contribution is 2.21. The number of nitrogens with one attached hydrogen (secondary N) is 1. The summed E-state index contributed by atoms with van der Waals surface area (Å²) in [4.78, 5) is 32.6. The molecule has 1 aromatic carbocycles. The number of hydrogen-bond acceptors (Lipinski definition) is 6. The number of halogens is 1. The second-order valence-electron chi connectivity index (χ2n) is 6.55. The van der Waals surface area contributed by atoms with Crippen molar-refractivity contribution in [3.05, 3.63) is 70.8 Å². The van der Waals surface area contributed by atoms with Crippen LogP contribution in [0.2, 0.25) is 0 Å². The van der Waals surface area contributed by atoms with Gasteiger partial charge in [0.05, 0.1) is 11.8 Å². The zero-order valence-corrected chi connectivity index (χ0v) is 17.0. The quantitative estimate of drug-likeness (QED) is 0.649. The van der Waals surface area contributed by atoms with Crippen LogP contribution in [0.5, 0.6) is 0 Å². The first-order chi connectivity index (χ1) is 14.1. The molecular weight excluding hydrogens is 438 g/mol. The van der Waals surface area contributed by atoms with Gasteiger partial charge >= 0.3 is 0 Å². The Bertz CT molecular complexity index is 999. The van der Waals surface area contributed by atoms with Crippen molar-refractivity contribution in [2.45, 2.75) is 0 Å². The van der Waals surface area contributed by atoms with E-state index in [1.807, 2.05) is 24.3 Å². The average molecular weight is 456 g/mol. The van der Waals surface area contributed by atoms with Crippen LogP contribution in [0.4, 0.5) is 11.4 Å². The maximum atomic E-state index is 12.3. The summed E-state index contributed by atoms with van der Waals surface area (Å²) in [5.74, 6) is -0.0902. The Labute approximate surface area is 175 Å². The Kier molecular flexibility index (Phi) is 5.57. The summed E-state index contributed by atoms with van der Waals surface area (Å²) in [5, 5.41) is 6.45. The van der Waals surface area contributed by atoms with Crippen molar-refractivity contribution in [3.63, 3.8) is 0 Å². The second-order valence-corrected chi connectivity index (χ2v) is 7.46.